The fourth-order valence-electron chi connectivity index (χ4n) is 3.19. The smallest absolute Gasteiger partial charge is 0.00967 e. The molecule has 0 heterocycles. The number of hydrogen-bond acceptors (Lipinski definition) is 2. The molecule has 0 bridgehead atoms. The summed E-state index contributed by atoms with van der Waals surface area (Å²) >= 11 is 0. The first kappa shape index (κ1) is 18.0. The Bertz CT molecular complexity index is 265. The molecule has 1 unspecified atom stereocenters. The van der Waals surface area contributed by atoms with Gasteiger partial charge in [-0.25, -0.2) is 0 Å². The first-order valence-electron chi connectivity index (χ1n) is 8.75. The molecular weight excluding hydrogens is 244 g/mol. The predicted octanol–water partition coefficient (Wildman–Crippen LogP) is 4.30. The van der Waals surface area contributed by atoms with Crippen LogP contribution in [0, 0.1) is 11.3 Å². The Morgan fingerprint density at radius 1 is 1.10 bits per heavy atom. The van der Waals surface area contributed by atoms with E-state index in [2.05, 4.69) is 51.8 Å². The van der Waals surface area contributed by atoms with Gasteiger partial charge in [-0.1, -0.05) is 33.6 Å². The third-order valence-corrected chi connectivity index (χ3v) is 4.69. The van der Waals surface area contributed by atoms with Gasteiger partial charge >= 0.3 is 0 Å². The summed E-state index contributed by atoms with van der Waals surface area (Å²) < 4.78 is 0. The third-order valence-electron chi connectivity index (χ3n) is 4.69. The van der Waals surface area contributed by atoms with E-state index in [0.717, 1.165) is 12.5 Å². The van der Waals surface area contributed by atoms with E-state index in [0.29, 0.717) is 5.41 Å². The summed E-state index contributed by atoms with van der Waals surface area (Å²) in [7, 11) is 0. The minimum Gasteiger partial charge on any atom is -0.311 e. The molecule has 1 aliphatic rings. The zero-order valence-electron chi connectivity index (χ0n) is 14.9. The lowest BCUT2D eigenvalue weighted by atomic mass is 9.82. The van der Waals surface area contributed by atoms with E-state index < -0.39 is 0 Å². The Hall–Kier alpha value is -0.0800. The second-order valence-electron chi connectivity index (χ2n) is 8.29. The molecular formula is C18H38N2. The van der Waals surface area contributed by atoms with Crippen molar-refractivity contribution in [3.63, 3.8) is 0 Å². The lowest BCUT2D eigenvalue weighted by molar-refractivity contribution is 0.111. The van der Waals surface area contributed by atoms with Crippen molar-refractivity contribution in [2.75, 3.05) is 26.2 Å². The Morgan fingerprint density at radius 2 is 1.75 bits per heavy atom. The number of nitrogens with zero attached hydrogens (tertiary/aromatic N) is 1. The summed E-state index contributed by atoms with van der Waals surface area (Å²) in [5, 5.41) is 3.73. The first-order chi connectivity index (χ1) is 9.28. The van der Waals surface area contributed by atoms with E-state index in [1.807, 2.05) is 0 Å². The molecule has 1 fully saturated rings. The van der Waals surface area contributed by atoms with Crippen molar-refractivity contribution in [1.82, 2.24) is 10.2 Å². The highest BCUT2D eigenvalue weighted by molar-refractivity contribution is 4.85. The monoisotopic (exact) mass is 282 g/mol. The second kappa shape index (κ2) is 7.79. The predicted molar refractivity (Wildman–Crippen MR) is 90.2 cm³/mol. The summed E-state index contributed by atoms with van der Waals surface area (Å²) in [5.41, 5.74) is 0.627. The summed E-state index contributed by atoms with van der Waals surface area (Å²) in [6.07, 6.45) is 6.98. The molecule has 1 atom stereocenters. The van der Waals surface area contributed by atoms with Crippen molar-refractivity contribution in [2.45, 2.75) is 79.2 Å². The Balaban J connectivity index is 2.52. The van der Waals surface area contributed by atoms with Gasteiger partial charge in [0.25, 0.3) is 0 Å². The van der Waals surface area contributed by atoms with Crippen LogP contribution in [0.3, 0.4) is 0 Å². The van der Waals surface area contributed by atoms with E-state index in [4.69, 9.17) is 0 Å². The van der Waals surface area contributed by atoms with Gasteiger partial charge in [0.2, 0.25) is 0 Å². The molecule has 0 aromatic heterocycles. The minimum atomic E-state index is 0.222. The fraction of sp³-hybridized carbons (Fsp3) is 1.00. The highest BCUT2D eigenvalue weighted by Gasteiger charge is 2.29. The van der Waals surface area contributed by atoms with Crippen molar-refractivity contribution in [3.05, 3.63) is 0 Å². The van der Waals surface area contributed by atoms with Crippen molar-refractivity contribution in [2.24, 2.45) is 11.3 Å². The molecule has 20 heavy (non-hydrogen) atoms. The quantitative estimate of drug-likeness (QED) is 0.678. The van der Waals surface area contributed by atoms with E-state index in [1.165, 1.54) is 51.7 Å². The largest absolute Gasteiger partial charge is 0.311 e. The molecule has 0 spiro atoms. The van der Waals surface area contributed by atoms with Crippen molar-refractivity contribution in [3.8, 4) is 0 Å². The highest BCUT2D eigenvalue weighted by Crippen LogP contribution is 2.30. The van der Waals surface area contributed by atoms with Crippen LogP contribution in [0.25, 0.3) is 0 Å². The molecule has 0 radical (unpaired) electrons. The van der Waals surface area contributed by atoms with Crippen LogP contribution < -0.4 is 5.32 Å². The zero-order chi connectivity index (χ0) is 15.2. The van der Waals surface area contributed by atoms with Gasteiger partial charge < -0.3 is 10.2 Å². The summed E-state index contributed by atoms with van der Waals surface area (Å²) in [4.78, 5) is 2.70. The first-order valence-corrected chi connectivity index (χ1v) is 8.75. The average Bonchev–Trinajstić information content (AvgIpc) is 2.29. The molecule has 0 aromatic carbocycles. The number of hydrogen-bond donors (Lipinski definition) is 1. The highest BCUT2D eigenvalue weighted by atomic mass is 15.1. The zero-order valence-corrected chi connectivity index (χ0v) is 14.9. The van der Waals surface area contributed by atoms with Crippen LogP contribution in [0.1, 0.15) is 73.6 Å². The van der Waals surface area contributed by atoms with Gasteiger partial charge in [-0.2, -0.15) is 0 Å². The molecule has 1 N–H and O–H groups in total. The van der Waals surface area contributed by atoms with Crippen LogP contribution >= 0.6 is 0 Å². The maximum absolute atomic E-state index is 3.73. The van der Waals surface area contributed by atoms with Crippen LogP contribution in [0.2, 0.25) is 0 Å². The van der Waals surface area contributed by atoms with Gasteiger partial charge in [0, 0.05) is 25.2 Å². The van der Waals surface area contributed by atoms with Crippen molar-refractivity contribution >= 4 is 0 Å². The van der Waals surface area contributed by atoms with Gasteiger partial charge in [-0.15, -0.1) is 0 Å². The van der Waals surface area contributed by atoms with Crippen LogP contribution in [-0.2, 0) is 0 Å². The summed E-state index contributed by atoms with van der Waals surface area (Å²) in [5.74, 6) is 0.983. The van der Waals surface area contributed by atoms with E-state index in [9.17, 15) is 0 Å². The van der Waals surface area contributed by atoms with Crippen LogP contribution in [0.15, 0.2) is 0 Å². The van der Waals surface area contributed by atoms with Crippen LogP contribution in [-0.4, -0.2) is 36.6 Å². The SMILES string of the molecule is CCCC(C)(CNC(C)(C)C)CN(CC)CC1CCC1. The number of nitrogens with one attached hydrogen (secondary N) is 1. The number of rotatable bonds is 9. The normalized spacial score (nSPS) is 19.9. The Labute approximate surface area is 127 Å². The molecule has 120 valence electrons. The standard InChI is InChI=1S/C18H38N2/c1-7-12-18(6,14-19-17(3,4)5)15-20(8-2)13-16-10-9-11-16/h16,19H,7-15H2,1-6H3. The molecule has 2 nitrogen and oxygen atoms in total. The van der Waals surface area contributed by atoms with Gasteiger partial charge in [0.15, 0.2) is 0 Å². The van der Waals surface area contributed by atoms with Crippen LogP contribution in [0.5, 0.6) is 0 Å². The van der Waals surface area contributed by atoms with E-state index >= 15 is 0 Å². The van der Waals surface area contributed by atoms with Crippen molar-refractivity contribution in [1.29, 1.82) is 0 Å². The lowest BCUT2D eigenvalue weighted by Gasteiger charge is -2.40. The second-order valence-corrected chi connectivity index (χ2v) is 8.29. The molecule has 1 rings (SSSR count). The fourth-order valence-corrected chi connectivity index (χ4v) is 3.19. The minimum absolute atomic E-state index is 0.222. The topological polar surface area (TPSA) is 15.3 Å². The molecule has 1 aliphatic carbocycles. The van der Waals surface area contributed by atoms with E-state index in [-0.39, 0.29) is 5.54 Å². The van der Waals surface area contributed by atoms with Gasteiger partial charge in [0.1, 0.15) is 0 Å². The van der Waals surface area contributed by atoms with Gasteiger partial charge in [-0.3, -0.25) is 0 Å². The molecule has 0 aliphatic heterocycles. The summed E-state index contributed by atoms with van der Waals surface area (Å²) in [6.45, 7) is 18.8. The molecule has 0 amide bonds. The molecule has 2 heteroatoms. The Morgan fingerprint density at radius 3 is 2.15 bits per heavy atom. The van der Waals surface area contributed by atoms with E-state index in [1.54, 1.807) is 0 Å². The average molecular weight is 283 g/mol. The lowest BCUT2D eigenvalue weighted by Crippen LogP contribution is -2.48. The maximum atomic E-state index is 3.73. The third kappa shape index (κ3) is 6.58. The van der Waals surface area contributed by atoms with Gasteiger partial charge in [0.05, 0.1) is 0 Å². The Kier molecular flexibility index (Phi) is 7.00. The maximum Gasteiger partial charge on any atom is 0.00967 e. The van der Waals surface area contributed by atoms with Crippen molar-refractivity contribution < 1.29 is 0 Å². The van der Waals surface area contributed by atoms with Crippen LogP contribution in [0.4, 0.5) is 0 Å². The molecule has 0 saturated heterocycles. The van der Waals surface area contributed by atoms with Gasteiger partial charge in [-0.05, 0) is 57.9 Å². The molecule has 0 aromatic rings. The summed E-state index contributed by atoms with van der Waals surface area (Å²) in [6, 6.07) is 0. The molecule has 1 saturated carbocycles.